The Morgan fingerprint density at radius 1 is 1.40 bits per heavy atom. The zero-order valence-electron chi connectivity index (χ0n) is 11.5. The lowest BCUT2D eigenvalue weighted by Gasteiger charge is -2.21. The van der Waals surface area contributed by atoms with E-state index in [-0.39, 0.29) is 11.0 Å². The molecule has 0 fully saturated rings. The molecular formula is C12H16F3NO2SSi. The maximum Gasteiger partial charge on any atom is 0.422 e. The fraction of sp³-hybridized carbons (Fsp3) is 0.500. The van der Waals surface area contributed by atoms with Crippen LogP contribution < -0.4 is 9.92 Å². The first kappa shape index (κ1) is 17.0. The van der Waals surface area contributed by atoms with Gasteiger partial charge in [-0.15, -0.1) is 0 Å². The van der Waals surface area contributed by atoms with E-state index in [1.54, 1.807) is 12.3 Å². The molecule has 8 heteroatoms. The lowest BCUT2D eigenvalue weighted by Crippen LogP contribution is -2.44. The lowest BCUT2D eigenvalue weighted by atomic mass is 10.5. The second-order valence-corrected chi connectivity index (χ2v) is 11.3. The number of aromatic nitrogens is 1. The Morgan fingerprint density at radius 2 is 2.05 bits per heavy atom. The van der Waals surface area contributed by atoms with Crippen LogP contribution in [0, 0.1) is 0 Å². The second-order valence-electron chi connectivity index (χ2n) is 4.95. The molecule has 0 N–H and O–H groups in total. The van der Waals surface area contributed by atoms with Gasteiger partial charge in [0.05, 0.1) is 8.07 Å². The minimum atomic E-state index is -4.37. The van der Waals surface area contributed by atoms with E-state index in [4.69, 9.17) is 0 Å². The molecule has 1 heterocycles. The van der Waals surface area contributed by atoms with Gasteiger partial charge in [-0.25, -0.2) is 4.98 Å². The Bertz CT molecular complexity index is 463. The summed E-state index contributed by atoms with van der Waals surface area (Å²) in [4.78, 5) is 14.9. The number of pyridine rings is 1. The third-order valence-corrected chi connectivity index (χ3v) is 8.27. The molecule has 1 aromatic rings. The minimum absolute atomic E-state index is 0.0462. The van der Waals surface area contributed by atoms with Gasteiger partial charge in [-0.1, -0.05) is 30.9 Å². The predicted molar refractivity (Wildman–Crippen MR) is 76.0 cm³/mol. The molecule has 0 spiro atoms. The molecule has 0 saturated heterocycles. The molecule has 0 bridgehead atoms. The van der Waals surface area contributed by atoms with Crippen LogP contribution in [0.25, 0.3) is 0 Å². The molecule has 0 aromatic carbocycles. The van der Waals surface area contributed by atoms with Crippen molar-refractivity contribution in [2.24, 2.45) is 0 Å². The van der Waals surface area contributed by atoms with E-state index in [0.717, 1.165) is 5.19 Å². The molecule has 1 rings (SSSR count). The van der Waals surface area contributed by atoms with Crippen LogP contribution >= 0.6 is 11.8 Å². The van der Waals surface area contributed by atoms with Crippen LogP contribution in [-0.2, 0) is 4.79 Å². The standard InChI is InChI=1S/C12H16F3NO2SSi/c1-9(17)19-8-20(2,3)10-4-5-11(16-6-10)18-7-12(13,14)15/h4-6H,7-8H2,1-3H3. The number of hydrogen-bond acceptors (Lipinski definition) is 4. The van der Waals surface area contributed by atoms with Gasteiger partial charge in [0.1, 0.15) is 0 Å². The molecule has 20 heavy (non-hydrogen) atoms. The van der Waals surface area contributed by atoms with Crippen molar-refractivity contribution in [3.05, 3.63) is 18.3 Å². The summed E-state index contributed by atoms with van der Waals surface area (Å²) in [6, 6.07) is 3.17. The normalized spacial score (nSPS) is 12.3. The van der Waals surface area contributed by atoms with Gasteiger partial charge in [-0.05, 0) is 5.19 Å². The molecule has 0 aliphatic heterocycles. The van der Waals surface area contributed by atoms with Crippen molar-refractivity contribution in [3.63, 3.8) is 0 Å². The first-order valence-electron chi connectivity index (χ1n) is 5.89. The highest BCUT2D eigenvalue weighted by Crippen LogP contribution is 2.17. The van der Waals surface area contributed by atoms with E-state index in [1.807, 2.05) is 0 Å². The smallest absolute Gasteiger partial charge is 0.422 e. The van der Waals surface area contributed by atoms with Gasteiger partial charge < -0.3 is 4.74 Å². The Labute approximate surface area is 120 Å². The summed E-state index contributed by atoms with van der Waals surface area (Å²) < 4.78 is 40.6. The third kappa shape index (κ3) is 5.95. The quantitative estimate of drug-likeness (QED) is 0.781. The molecule has 0 unspecified atom stereocenters. The van der Waals surface area contributed by atoms with Gasteiger partial charge in [0.25, 0.3) is 0 Å². The zero-order valence-corrected chi connectivity index (χ0v) is 13.3. The maximum atomic E-state index is 12.0. The monoisotopic (exact) mass is 323 g/mol. The highest BCUT2D eigenvalue weighted by atomic mass is 32.2. The van der Waals surface area contributed by atoms with Crippen LogP contribution in [0.3, 0.4) is 0 Å². The Balaban J connectivity index is 2.67. The van der Waals surface area contributed by atoms with E-state index in [1.165, 1.54) is 24.8 Å². The van der Waals surface area contributed by atoms with Crippen molar-refractivity contribution in [1.82, 2.24) is 4.98 Å². The van der Waals surface area contributed by atoms with Crippen LogP contribution in [0.4, 0.5) is 13.2 Å². The van der Waals surface area contributed by atoms with E-state index in [0.29, 0.717) is 5.38 Å². The zero-order chi connectivity index (χ0) is 15.4. The van der Waals surface area contributed by atoms with E-state index < -0.39 is 20.9 Å². The highest BCUT2D eigenvalue weighted by molar-refractivity contribution is 8.14. The largest absolute Gasteiger partial charge is 0.468 e. The summed E-state index contributed by atoms with van der Waals surface area (Å²) >= 11 is 1.27. The molecule has 0 aliphatic rings. The Hall–Kier alpha value is -1.02. The first-order chi connectivity index (χ1) is 9.10. The lowest BCUT2D eigenvalue weighted by molar-refractivity contribution is -0.154. The SMILES string of the molecule is CC(=O)SC[Si](C)(C)c1ccc(OCC(F)(F)F)nc1. The van der Waals surface area contributed by atoms with Crippen molar-refractivity contribution in [2.75, 3.05) is 12.0 Å². The predicted octanol–water partition coefficient (Wildman–Crippen LogP) is 2.76. The van der Waals surface area contributed by atoms with Gasteiger partial charge in [0.15, 0.2) is 11.7 Å². The second kappa shape index (κ2) is 6.62. The number of carbonyl (C=O) groups excluding carboxylic acids is 1. The van der Waals surface area contributed by atoms with Gasteiger partial charge in [0.2, 0.25) is 5.88 Å². The van der Waals surface area contributed by atoms with Crippen molar-refractivity contribution in [3.8, 4) is 5.88 Å². The molecule has 0 saturated carbocycles. The fourth-order valence-corrected chi connectivity index (χ4v) is 5.26. The molecule has 3 nitrogen and oxygen atoms in total. The van der Waals surface area contributed by atoms with Crippen LogP contribution in [0.5, 0.6) is 5.88 Å². The third-order valence-electron chi connectivity index (χ3n) is 2.54. The van der Waals surface area contributed by atoms with Crippen molar-refractivity contribution < 1.29 is 22.7 Å². The molecule has 0 aliphatic carbocycles. The highest BCUT2D eigenvalue weighted by Gasteiger charge is 2.29. The first-order valence-corrected chi connectivity index (χ1v) is 10.1. The van der Waals surface area contributed by atoms with E-state index >= 15 is 0 Å². The number of ether oxygens (including phenoxy) is 1. The molecular weight excluding hydrogens is 307 g/mol. The summed E-state index contributed by atoms with van der Waals surface area (Å²) in [6.07, 6.45) is -2.83. The summed E-state index contributed by atoms with van der Waals surface area (Å²) in [5.41, 5.74) is 0. The van der Waals surface area contributed by atoms with Gasteiger partial charge >= 0.3 is 6.18 Å². The van der Waals surface area contributed by atoms with Gasteiger partial charge in [-0.2, -0.15) is 13.2 Å². The van der Waals surface area contributed by atoms with Gasteiger partial charge in [0, 0.05) is 24.6 Å². The molecule has 0 amide bonds. The summed E-state index contributed by atoms with van der Waals surface area (Å²) in [5, 5.41) is 1.75. The average Bonchev–Trinajstić information content (AvgIpc) is 2.34. The average molecular weight is 323 g/mol. The molecule has 112 valence electrons. The van der Waals surface area contributed by atoms with Crippen LogP contribution in [0.2, 0.25) is 13.1 Å². The number of carbonyl (C=O) groups is 1. The number of hydrogen-bond donors (Lipinski definition) is 0. The van der Waals surface area contributed by atoms with E-state index in [9.17, 15) is 18.0 Å². The number of alkyl halides is 3. The summed E-state index contributed by atoms with van der Waals surface area (Å²) in [7, 11) is -1.82. The van der Waals surface area contributed by atoms with E-state index in [2.05, 4.69) is 22.8 Å². The number of thioether (sulfide) groups is 1. The van der Waals surface area contributed by atoms with Crippen LogP contribution in [0.1, 0.15) is 6.92 Å². The topological polar surface area (TPSA) is 39.2 Å². The number of rotatable bonds is 5. The Kier molecular flexibility index (Phi) is 5.64. The Morgan fingerprint density at radius 3 is 2.50 bits per heavy atom. The van der Waals surface area contributed by atoms with Crippen molar-refractivity contribution in [1.29, 1.82) is 0 Å². The van der Waals surface area contributed by atoms with Crippen LogP contribution in [-0.4, -0.2) is 36.3 Å². The molecule has 1 aromatic heterocycles. The van der Waals surface area contributed by atoms with Gasteiger partial charge in [-0.3, -0.25) is 4.79 Å². The fourth-order valence-electron chi connectivity index (χ4n) is 1.39. The van der Waals surface area contributed by atoms with Crippen molar-refractivity contribution >= 4 is 30.1 Å². The minimum Gasteiger partial charge on any atom is -0.468 e. The van der Waals surface area contributed by atoms with Crippen LogP contribution in [0.15, 0.2) is 18.3 Å². The summed E-state index contributed by atoms with van der Waals surface area (Å²) in [5.74, 6) is -0.0462. The van der Waals surface area contributed by atoms with Crippen molar-refractivity contribution in [2.45, 2.75) is 26.2 Å². The number of halogens is 3. The molecule has 0 radical (unpaired) electrons. The molecule has 0 atom stereocenters. The number of nitrogens with zero attached hydrogens (tertiary/aromatic N) is 1. The maximum absolute atomic E-state index is 12.0. The summed E-state index contributed by atoms with van der Waals surface area (Å²) in [6.45, 7) is 4.33.